The molecule has 8 nitrogen and oxygen atoms in total. The van der Waals surface area contributed by atoms with Crippen molar-refractivity contribution >= 4 is 11.6 Å². The number of carbonyl (C=O) groups is 1. The molecule has 0 bridgehead atoms. The molecule has 0 aromatic carbocycles. The first-order valence-corrected chi connectivity index (χ1v) is 5.22. The molecule has 0 spiro atoms. The lowest BCUT2D eigenvalue weighted by atomic mass is 10.4. The van der Waals surface area contributed by atoms with Crippen molar-refractivity contribution < 1.29 is 9.53 Å². The zero-order chi connectivity index (χ0) is 13.1. The zero-order valence-corrected chi connectivity index (χ0v) is 9.70. The quantitative estimate of drug-likeness (QED) is 0.768. The van der Waals surface area contributed by atoms with Gasteiger partial charge in [0.1, 0.15) is 0 Å². The highest BCUT2D eigenvalue weighted by Crippen LogP contribution is 2.13. The summed E-state index contributed by atoms with van der Waals surface area (Å²) in [7, 11) is 0. The van der Waals surface area contributed by atoms with Crippen molar-refractivity contribution in [3.05, 3.63) is 24.3 Å². The Morgan fingerprint density at radius 1 is 1.50 bits per heavy atom. The Morgan fingerprint density at radius 3 is 2.89 bits per heavy atom. The first kappa shape index (κ1) is 11.8. The number of ether oxygens (including phenoxy) is 1. The number of amides is 1. The van der Waals surface area contributed by atoms with Crippen LogP contribution in [0.3, 0.4) is 0 Å². The van der Waals surface area contributed by atoms with Crippen LogP contribution in [0.5, 0.6) is 5.88 Å². The summed E-state index contributed by atoms with van der Waals surface area (Å²) in [6.45, 7) is 2.32. The van der Waals surface area contributed by atoms with Gasteiger partial charge < -0.3 is 16.2 Å². The predicted octanol–water partition coefficient (Wildman–Crippen LogP) is -0.258. The van der Waals surface area contributed by atoms with Gasteiger partial charge in [-0.2, -0.15) is 10.1 Å². The van der Waals surface area contributed by atoms with Crippen LogP contribution in [0.2, 0.25) is 0 Å². The number of hydrogen-bond donors (Lipinski definition) is 2. The molecule has 0 unspecified atom stereocenters. The van der Waals surface area contributed by atoms with Gasteiger partial charge in [-0.3, -0.25) is 9.78 Å². The summed E-state index contributed by atoms with van der Waals surface area (Å²) in [6.07, 6.45) is 4.40. The fourth-order valence-electron chi connectivity index (χ4n) is 1.36. The number of nitrogens with zero attached hydrogens (tertiary/aromatic N) is 4. The molecule has 0 saturated carbocycles. The molecule has 94 valence electrons. The lowest BCUT2D eigenvalue weighted by Crippen LogP contribution is -2.14. The summed E-state index contributed by atoms with van der Waals surface area (Å²) in [6, 6.07) is 0. The van der Waals surface area contributed by atoms with Crippen LogP contribution in [0.25, 0.3) is 5.82 Å². The summed E-state index contributed by atoms with van der Waals surface area (Å²) in [5.74, 6) is 0.0602. The summed E-state index contributed by atoms with van der Waals surface area (Å²) in [5.41, 5.74) is 10.9. The van der Waals surface area contributed by atoms with Crippen molar-refractivity contribution in [1.29, 1.82) is 0 Å². The summed E-state index contributed by atoms with van der Waals surface area (Å²) >= 11 is 0. The summed E-state index contributed by atoms with van der Waals surface area (Å²) < 4.78 is 6.54. The third-order valence-corrected chi connectivity index (χ3v) is 2.10. The number of nitrogen functional groups attached to an aromatic ring is 1. The molecule has 0 fully saturated rings. The molecule has 0 atom stereocenters. The second-order valence-corrected chi connectivity index (χ2v) is 3.39. The Labute approximate surface area is 103 Å². The van der Waals surface area contributed by atoms with E-state index in [1.807, 2.05) is 6.92 Å². The largest absolute Gasteiger partial charge is 0.477 e. The van der Waals surface area contributed by atoms with Crippen LogP contribution in [-0.2, 0) is 0 Å². The van der Waals surface area contributed by atoms with E-state index < -0.39 is 5.91 Å². The van der Waals surface area contributed by atoms with Crippen LogP contribution in [0.15, 0.2) is 18.6 Å². The molecule has 0 aliphatic heterocycles. The molecular weight excluding hydrogens is 236 g/mol. The van der Waals surface area contributed by atoms with Gasteiger partial charge in [-0.1, -0.05) is 0 Å². The number of aromatic nitrogens is 4. The lowest BCUT2D eigenvalue weighted by Gasteiger charge is -2.03. The third-order valence-electron chi connectivity index (χ3n) is 2.10. The molecular formula is C10H12N6O2. The van der Waals surface area contributed by atoms with Crippen molar-refractivity contribution in [1.82, 2.24) is 19.7 Å². The highest BCUT2D eigenvalue weighted by Gasteiger charge is 2.13. The minimum atomic E-state index is -0.694. The van der Waals surface area contributed by atoms with Crippen molar-refractivity contribution in [2.24, 2.45) is 5.73 Å². The molecule has 1 amide bonds. The Hall–Kier alpha value is -2.64. The Balaban J connectivity index is 2.39. The van der Waals surface area contributed by atoms with Crippen molar-refractivity contribution in [3.63, 3.8) is 0 Å². The highest BCUT2D eigenvalue weighted by molar-refractivity contribution is 5.95. The van der Waals surface area contributed by atoms with Gasteiger partial charge in [0.05, 0.1) is 30.9 Å². The van der Waals surface area contributed by atoms with Crippen molar-refractivity contribution in [2.75, 3.05) is 12.3 Å². The molecule has 2 rings (SSSR count). The average molecular weight is 248 g/mol. The predicted molar refractivity (Wildman–Crippen MR) is 63.3 cm³/mol. The third kappa shape index (κ3) is 2.21. The van der Waals surface area contributed by atoms with Crippen LogP contribution >= 0.6 is 0 Å². The van der Waals surface area contributed by atoms with Gasteiger partial charge in [0, 0.05) is 0 Å². The lowest BCUT2D eigenvalue weighted by molar-refractivity contribution is 0.0996. The minimum Gasteiger partial charge on any atom is -0.477 e. The summed E-state index contributed by atoms with van der Waals surface area (Å²) in [4.78, 5) is 19.2. The standard InChI is InChI=1S/C10H12N6O2/c1-2-18-8-4-13-3-7(14-8)16-5-6(11)9(15-16)10(12)17/h3-5H,2,11H2,1H3,(H2,12,17). The van der Waals surface area contributed by atoms with Gasteiger partial charge in [-0.25, -0.2) is 4.68 Å². The molecule has 2 aromatic heterocycles. The molecule has 0 aliphatic carbocycles. The van der Waals surface area contributed by atoms with Crippen LogP contribution in [0.1, 0.15) is 17.4 Å². The number of anilines is 1. The maximum absolute atomic E-state index is 11.0. The Morgan fingerprint density at radius 2 is 2.28 bits per heavy atom. The van der Waals surface area contributed by atoms with Crippen molar-refractivity contribution in [2.45, 2.75) is 6.92 Å². The fraction of sp³-hybridized carbons (Fsp3) is 0.200. The van der Waals surface area contributed by atoms with Crippen molar-refractivity contribution in [3.8, 4) is 11.7 Å². The summed E-state index contributed by atoms with van der Waals surface area (Å²) in [5, 5.41) is 3.94. The maximum atomic E-state index is 11.0. The molecule has 0 radical (unpaired) electrons. The Kier molecular flexibility index (Phi) is 3.09. The van der Waals surface area contributed by atoms with Crippen LogP contribution < -0.4 is 16.2 Å². The van der Waals surface area contributed by atoms with E-state index in [1.54, 1.807) is 0 Å². The monoisotopic (exact) mass is 248 g/mol. The number of nitrogens with two attached hydrogens (primary N) is 2. The zero-order valence-electron chi connectivity index (χ0n) is 9.70. The molecule has 2 heterocycles. The average Bonchev–Trinajstić information content (AvgIpc) is 2.72. The first-order chi connectivity index (χ1) is 8.61. The SMILES string of the molecule is CCOc1cncc(-n2cc(N)c(C(N)=O)n2)n1. The Bertz CT molecular complexity index is 579. The van der Waals surface area contributed by atoms with Crippen LogP contribution in [-0.4, -0.2) is 32.3 Å². The molecule has 18 heavy (non-hydrogen) atoms. The van der Waals surface area contributed by atoms with E-state index in [0.29, 0.717) is 18.3 Å². The second-order valence-electron chi connectivity index (χ2n) is 3.39. The van der Waals surface area contributed by atoms with E-state index >= 15 is 0 Å². The van der Waals surface area contributed by atoms with E-state index in [9.17, 15) is 4.79 Å². The van der Waals surface area contributed by atoms with E-state index in [0.717, 1.165) is 0 Å². The van der Waals surface area contributed by atoms with E-state index in [2.05, 4.69) is 15.1 Å². The van der Waals surface area contributed by atoms with Crippen LogP contribution in [0, 0.1) is 0 Å². The van der Waals surface area contributed by atoms with Crippen LogP contribution in [0.4, 0.5) is 5.69 Å². The molecule has 0 saturated heterocycles. The molecule has 4 N–H and O–H groups in total. The topological polar surface area (TPSA) is 122 Å². The molecule has 2 aromatic rings. The van der Waals surface area contributed by atoms with Gasteiger partial charge >= 0.3 is 0 Å². The number of carbonyl (C=O) groups excluding carboxylic acids is 1. The van der Waals surface area contributed by atoms with Gasteiger partial charge in [-0.05, 0) is 6.92 Å². The van der Waals surface area contributed by atoms with Gasteiger partial charge in [-0.15, -0.1) is 0 Å². The normalized spacial score (nSPS) is 10.3. The molecule has 8 heteroatoms. The minimum absolute atomic E-state index is 0.00128. The second kappa shape index (κ2) is 4.70. The van der Waals surface area contributed by atoms with Gasteiger partial charge in [0.25, 0.3) is 5.91 Å². The smallest absolute Gasteiger partial charge is 0.271 e. The van der Waals surface area contributed by atoms with E-state index in [-0.39, 0.29) is 11.4 Å². The first-order valence-electron chi connectivity index (χ1n) is 5.22. The number of hydrogen-bond acceptors (Lipinski definition) is 6. The van der Waals surface area contributed by atoms with E-state index in [4.69, 9.17) is 16.2 Å². The van der Waals surface area contributed by atoms with Gasteiger partial charge in [0.2, 0.25) is 5.88 Å². The van der Waals surface area contributed by atoms with E-state index in [1.165, 1.54) is 23.3 Å². The highest BCUT2D eigenvalue weighted by atomic mass is 16.5. The fourth-order valence-corrected chi connectivity index (χ4v) is 1.36. The maximum Gasteiger partial charge on any atom is 0.271 e. The number of rotatable bonds is 4. The molecule has 0 aliphatic rings. The number of primary amides is 1. The van der Waals surface area contributed by atoms with Gasteiger partial charge in [0.15, 0.2) is 11.5 Å².